The number of rotatable bonds is 3. The standard InChI is InChI=1S/C17H29N/c1-13-9-8-10-18-15(11-13)17(6,7)14(2)12-16(3,4)5/h8-11,13-14H,12H2,1-7H3. The van der Waals surface area contributed by atoms with Crippen molar-refractivity contribution in [1.29, 1.82) is 0 Å². The van der Waals surface area contributed by atoms with Gasteiger partial charge in [-0.15, -0.1) is 0 Å². The van der Waals surface area contributed by atoms with Gasteiger partial charge >= 0.3 is 0 Å². The van der Waals surface area contributed by atoms with Gasteiger partial charge in [-0.05, 0) is 29.7 Å². The molecule has 1 aliphatic rings. The highest BCUT2D eigenvalue weighted by Gasteiger charge is 2.33. The Morgan fingerprint density at radius 2 is 1.83 bits per heavy atom. The fraction of sp³-hybridized carbons (Fsp3) is 0.706. The molecule has 0 aromatic heterocycles. The van der Waals surface area contributed by atoms with Crippen LogP contribution < -0.4 is 0 Å². The summed E-state index contributed by atoms with van der Waals surface area (Å²) in [5.41, 5.74) is 1.73. The Bertz CT molecular complexity index is 364. The molecular formula is C17H29N. The van der Waals surface area contributed by atoms with Gasteiger partial charge in [0.25, 0.3) is 0 Å². The van der Waals surface area contributed by atoms with E-state index >= 15 is 0 Å². The summed E-state index contributed by atoms with van der Waals surface area (Å²) in [7, 11) is 0. The third kappa shape index (κ3) is 4.12. The zero-order valence-electron chi connectivity index (χ0n) is 13.1. The molecule has 2 unspecified atom stereocenters. The molecule has 0 aromatic rings. The Morgan fingerprint density at radius 1 is 1.22 bits per heavy atom. The summed E-state index contributed by atoms with van der Waals surface area (Å²) in [4.78, 5) is 4.65. The topological polar surface area (TPSA) is 12.4 Å². The number of hydrogen-bond acceptors (Lipinski definition) is 1. The van der Waals surface area contributed by atoms with Crippen molar-refractivity contribution in [3.8, 4) is 0 Å². The largest absolute Gasteiger partial charge is 0.261 e. The van der Waals surface area contributed by atoms with Crippen molar-refractivity contribution in [3.63, 3.8) is 0 Å². The monoisotopic (exact) mass is 247 g/mol. The van der Waals surface area contributed by atoms with Gasteiger partial charge in [-0.3, -0.25) is 4.99 Å². The maximum atomic E-state index is 4.65. The Balaban J connectivity index is 2.92. The fourth-order valence-electron chi connectivity index (χ4n) is 2.50. The Morgan fingerprint density at radius 3 is 2.39 bits per heavy atom. The molecule has 102 valence electrons. The van der Waals surface area contributed by atoms with Crippen LogP contribution in [0.5, 0.6) is 0 Å². The van der Waals surface area contributed by atoms with Gasteiger partial charge in [-0.25, -0.2) is 0 Å². The molecule has 0 aromatic carbocycles. The minimum absolute atomic E-state index is 0.129. The lowest BCUT2D eigenvalue weighted by Crippen LogP contribution is -2.27. The van der Waals surface area contributed by atoms with E-state index in [9.17, 15) is 0 Å². The van der Waals surface area contributed by atoms with Gasteiger partial charge in [-0.1, -0.05) is 60.6 Å². The molecule has 1 heteroatoms. The molecule has 1 rings (SSSR count). The minimum atomic E-state index is 0.129. The molecule has 0 radical (unpaired) electrons. The Hall–Kier alpha value is -0.850. The van der Waals surface area contributed by atoms with E-state index in [1.807, 2.05) is 6.21 Å². The van der Waals surface area contributed by atoms with Gasteiger partial charge < -0.3 is 0 Å². The lowest BCUT2D eigenvalue weighted by molar-refractivity contribution is 0.195. The molecule has 1 nitrogen and oxygen atoms in total. The lowest BCUT2D eigenvalue weighted by Gasteiger charge is -2.36. The molecule has 18 heavy (non-hydrogen) atoms. The third-order valence-corrected chi connectivity index (χ3v) is 3.95. The van der Waals surface area contributed by atoms with E-state index in [-0.39, 0.29) is 5.41 Å². The quantitative estimate of drug-likeness (QED) is 0.646. The summed E-state index contributed by atoms with van der Waals surface area (Å²) in [6.07, 6.45) is 9.70. The predicted molar refractivity (Wildman–Crippen MR) is 81.9 cm³/mol. The third-order valence-electron chi connectivity index (χ3n) is 3.95. The highest BCUT2D eigenvalue weighted by atomic mass is 14.8. The van der Waals surface area contributed by atoms with Crippen molar-refractivity contribution in [2.75, 3.05) is 0 Å². The molecule has 0 saturated heterocycles. The highest BCUT2D eigenvalue weighted by Crippen LogP contribution is 2.42. The van der Waals surface area contributed by atoms with Crippen LogP contribution in [0, 0.1) is 22.7 Å². The van der Waals surface area contributed by atoms with Crippen LogP contribution in [-0.2, 0) is 0 Å². The van der Waals surface area contributed by atoms with Crippen molar-refractivity contribution in [1.82, 2.24) is 0 Å². The zero-order valence-corrected chi connectivity index (χ0v) is 13.1. The fourth-order valence-corrected chi connectivity index (χ4v) is 2.50. The smallest absolute Gasteiger partial charge is 0.0428 e. The van der Waals surface area contributed by atoms with Gasteiger partial charge in [0.1, 0.15) is 0 Å². The average Bonchev–Trinajstić information content (AvgIpc) is 2.40. The summed E-state index contributed by atoms with van der Waals surface area (Å²) < 4.78 is 0. The molecule has 1 heterocycles. The molecule has 2 atom stereocenters. The van der Waals surface area contributed by atoms with E-state index in [4.69, 9.17) is 0 Å². The van der Waals surface area contributed by atoms with E-state index in [0.29, 0.717) is 17.3 Å². The molecule has 0 aliphatic carbocycles. The van der Waals surface area contributed by atoms with Gasteiger partial charge in [-0.2, -0.15) is 0 Å². The van der Waals surface area contributed by atoms with Gasteiger partial charge in [0, 0.05) is 17.3 Å². The SMILES string of the molecule is CC1C=CC=NC(C(C)(C)C(C)CC(C)(C)C)=C1. The Labute approximate surface area is 113 Å². The molecule has 1 aliphatic heterocycles. The van der Waals surface area contributed by atoms with E-state index in [0.717, 1.165) is 0 Å². The van der Waals surface area contributed by atoms with Crippen molar-refractivity contribution >= 4 is 6.21 Å². The van der Waals surface area contributed by atoms with E-state index < -0.39 is 0 Å². The first-order valence-corrected chi connectivity index (χ1v) is 7.06. The molecular weight excluding hydrogens is 218 g/mol. The normalized spacial score (nSPS) is 22.6. The van der Waals surface area contributed by atoms with Crippen molar-refractivity contribution < 1.29 is 0 Å². The predicted octanol–water partition coefficient (Wildman–Crippen LogP) is 5.25. The second-order valence-corrected chi connectivity index (χ2v) is 7.46. The van der Waals surface area contributed by atoms with E-state index in [1.54, 1.807) is 0 Å². The maximum absolute atomic E-state index is 4.65. The Kier molecular flexibility index (Phi) is 4.58. The first kappa shape index (κ1) is 15.2. The van der Waals surface area contributed by atoms with Crippen molar-refractivity contribution in [3.05, 3.63) is 23.9 Å². The van der Waals surface area contributed by atoms with Gasteiger partial charge in [0.05, 0.1) is 0 Å². The van der Waals surface area contributed by atoms with Crippen LogP contribution in [0.1, 0.15) is 54.9 Å². The van der Waals surface area contributed by atoms with Crippen LogP contribution in [0.3, 0.4) is 0 Å². The molecule has 0 fully saturated rings. The summed E-state index contributed by atoms with van der Waals surface area (Å²) in [5, 5.41) is 0. The van der Waals surface area contributed by atoms with Gasteiger partial charge in [0.2, 0.25) is 0 Å². The van der Waals surface area contributed by atoms with E-state index in [1.165, 1.54) is 12.1 Å². The zero-order chi connectivity index (χ0) is 14.0. The number of hydrogen-bond donors (Lipinski definition) is 0. The maximum Gasteiger partial charge on any atom is 0.0428 e. The first-order valence-electron chi connectivity index (χ1n) is 7.06. The van der Waals surface area contributed by atoms with Crippen LogP contribution in [-0.4, -0.2) is 6.21 Å². The van der Waals surface area contributed by atoms with Crippen LogP contribution in [0.15, 0.2) is 28.9 Å². The second kappa shape index (κ2) is 5.42. The van der Waals surface area contributed by atoms with Gasteiger partial charge in [0.15, 0.2) is 0 Å². The van der Waals surface area contributed by atoms with Crippen LogP contribution in [0.4, 0.5) is 0 Å². The molecule has 0 spiro atoms. The average molecular weight is 247 g/mol. The second-order valence-electron chi connectivity index (χ2n) is 7.46. The van der Waals surface area contributed by atoms with Crippen molar-refractivity contribution in [2.24, 2.45) is 27.7 Å². The van der Waals surface area contributed by atoms with Crippen LogP contribution >= 0.6 is 0 Å². The molecule has 0 saturated carbocycles. The molecule has 0 bridgehead atoms. The summed E-state index contributed by atoms with van der Waals surface area (Å²) in [6, 6.07) is 0. The lowest BCUT2D eigenvalue weighted by atomic mass is 9.70. The molecule has 0 amide bonds. The highest BCUT2D eigenvalue weighted by molar-refractivity contribution is 5.73. The number of nitrogens with zero attached hydrogens (tertiary/aromatic N) is 1. The minimum Gasteiger partial charge on any atom is -0.261 e. The van der Waals surface area contributed by atoms with Crippen LogP contribution in [0.25, 0.3) is 0 Å². The van der Waals surface area contributed by atoms with E-state index in [2.05, 4.69) is 71.7 Å². The number of aliphatic imine (C=N–C) groups is 1. The van der Waals surface area contributed by atoms with Crippen LogP contribution in [0.2, 0.25) is 0 Å². The first-order chi connectivity index (χ1) is 8.13. The number of allylic oxidation sites excluding steroid dienone is 4. The van der Waals surface area contributed by atoms with Crippen molar-refractivity contribution in [2.45, 2.75) is 54.9 Å². The molecule has 0 N–H and O–H groups in total. The summed E-state index contributed by atoms with van der Waals surface area (Å²) in [5.74, 6) is 1.09. The summed E-state index contributed by atoms with van der Waals surface area (Å²) in [6.45, 7) is 16.2. The summed E-state index contributed by atoms with van der Waals surface area (Å²) >= 11 is 0.